The van der Waals surface area contributed by atoms with E-state index in [0.29, 0.717) is 11.4 Å². The fourth-order valence-corrected chi connectivity index (χ4v) is 4.40. The van der Waals surface area contributed by atoms with Gasteiger partial charge in [-0.05, 0) is 76.3 Å². The maximum atomic E-state index is 12.7. The number of hydrogen-bond donors (Lipinski definition) is 0. The molecule has 0 aromatic heterocycles. The molecule has 0 saturated carbocycles. The van der Waals surface area contributed by atoms with Crippen LogP contribution in [0, 0.1) is 6.92 Å². The second kappa shape index (κ2) is 10.9. The first-order chi connectivity index (χ1) is 14.2. The minimum atomic E-state index is -4.10. The summed E-state index contributed by atoms with van der Waals surface area (Å²) in [7, 11) is -4.10. The predicted octanol–water partition coefficient (Wildman–Crippen LogP) is 5.48. The highest BCUT2D eigenvalue weighted by atomic mass is 35.5. The minimum absolute atomic E-state index is 0.0198. The molecule has 0 N–H and O–H groups in total. The second-order valence-corrected chi connectivity index (χ2v) is 9.47. The highest BCUT2D eigenvalue weighted by Gasteiger charge is 2.40. The largest absolute Gasteiger partial charge is 0.464 e. The molecule has 2 aromatic carbocycles. The van der Waals surface area contributed by atoms with Crippen LogP contribution in [0.25, 0.3) is 0 Å². The van der Waals surface area contributed by atoms with Gasteiger partial charge in [-0.1, -0.05) is 47.9 Å². The standard InChI is InChI=1S/C23H29ClO5S/c1-4-28-22(25)23(3,29-30(26,27)21-15-9-18(2)10-16-21)17-7-5-6-8-19-11-13-20(24)14-12-19/h9-16H,4-8,17H2,1-3H3. The first-order valence-electron chi connectivity index (χ1n) is 10.1. The number of esters is 1. The lowest BCUT2D eigenvalue weighted by Gasteiger charge is -2.26. The van der Waals surface area contributed by atoms with Crippen LogP contribution in [0.3, 0.4) is 0 Å². The fourth-order valence-electron chi connectivity index (χ4n) is 3.08. The van der Waals surface area contributed by atoms with Gasteiger partial charge in [0.2, 0.25) is 0 Å². The van der Waals surface area contributed by atoms with Crippen LogP contribution >= 0.6 is 11.6 Å². The predicted molar refractivity (Wildman–Crippen MR) is 118 cm³/mol. The molecule has 164 valence electrons. The summed E-state index contributed by atoms with van der Waals surface area (Å²) >= 11 is 5.90. The summed E-state index contributed by atoms with van der Waals surface area (Å²) in [5.74, 6) is -0.668. The molecule has 2 aromatic rings. The number of halogens is 1. The Morgan fingerprint density at radius 2 is 1.63 bits per heavy atom. The van der Waals surface area contributed by atoms with Crippen LogP contribution in [0.1, 0.15) is 50.7 Å². The summed E-state index contributed by atoms with van der Waals surface area (Å²) < 4.78 is 36.0. The lowest BCUT2D eigenvalue weighted by molar-refractivity contribution is -0.160. The van der Waals surface area contributed by atoms with Gasteiger partial charge in [0.1, 0.15) is 0 Å². The molecule has 1 unspecified atom stereocenters. The molecular weight excluding hydrogens is 424 g/mol. The van der Waals surface area contributed by atoms with Crippen LogP contribution in [0.4, 0.5) is 0 Å². The summed E-state index contributed by atoms with van der Waals surface area (Å²) in [6.07, 6.45) is 3.50. The number of benzene rings is 2. The zero-order valence-corrected chi connectivity index (χ0v) is 19.3. The maximum absolute atomic E-state index is 12.7. The van der Waals surface area contributed by atoms with Crippen LogP contribution < -0.4 is 0 Å². The van der Waals surface area contributed by atoms with Crippen molar-refractivity contribution in [2.24, 2.45) is 0 Å². The lowest BCUT2D eigenvalue weighted by atomic mass is 9.97. The number of rotatable bonds is 11. The molecule has 0 radical (unpaired) electrons. The molecule has 0 heterocycles. The number of ether oxygens (including phenoxy) is 1. The molecule has 2 rings (SSSR count). The van der Waals surface area contributed by atoms with Crippen molar-refractivity contribution in [3.63, 3.8) is 0 Å². The van der Waals surface area contributed by atoms with Crippen LogP contribution in [-0.2, 0) is 30.3 Å². The quantitative estimate of drug-likeness (QED) is 0.256. The van der Waals surface area contributed by atoms with Gasteiger partial charge < -0.3 is 4.74 Å². The van der Waals surface area contributed by atoms with Crippen molar-refractivity contribution in [1.29, 1.82) is 0 Å². The van der Waals surface area contributed by atoms with Gasteiger partial charge in [-0.2, -0.15) is 8.42 Å². The van der Waals surface area contributed by atoms with Gasteiger partial charge in [-0.15, -0.1) is 0 Å². The number of hydrogen-bond acceptors (Lipinski definition) is 5. The van der Waals surface area contributed by atoms with E-state index in [1.54, 1.807) is 19.1 Å². The van der Waals surface area contributed by atoms with Crippen molar-refractivity contribution in [3.05, 3.63) is 64.7 Å². The Morgan fingerprint density at radius 1 is 1.00 bits per heavy atom. The zero-order chi connectivity index (χ0) is 22.2. The number of carbonyl (C=O) groups excluding carboxylic acids is 1. The van der Waals surface area contributed by atoms with Crippen molar-refractivity contribution >= 4 is 27.7 Å². The molecule has 0 spiro atoms. The number of carbonyl (C=O) groups is 1. The third-order valence-electron chi connectivity index (χ3n) is 4.84. The third-order valence-corrected chi connectivity index (χ3v) is 6.53. The average molecular weight is 453 g/mol. The monoisotopic (exact) mass is 452 g/mol. The van der Waals surface area contributed by atoms with Crippen LogP contribution in [0.5, 0.6) is 0 Å². The molecule has 0 fully saturated rings. The molecular formula is C23H29ClO5S. The molecule has 0 aliphatic rings. The van der Waals surface area contributed by atoms with Crippen molar-refractivity contribution in [2.45, 2.75) is 63.4 Å². The summed E-state index contributed by atoms with van der Waals surface area (Å²) in [4.78, 5) is 12.5. The normalized spacial score (nSPS) is 13.6. The molecule has 1 atom stereocenters. The maximum Gasteiger partial charge on any atom is 0.339 e. The molecule has 30 heavy (non-hydrogen) atoms. The summed E-state index contributed by atoms with van der Waals surface area (Å²) in [6, 6.07) is 14.0. The van der Waals surface area contributed by atoms with Crippen LogP contribution in [0.2, 0.25) is 5.02 Å². The van der Waals surface area contributed by atoms with E-state index in [1.807, 2.05) is 31.2 Å². The van der Waals surface area contributed by atoms with Crippen molar-refractivity contribution in [3.8, 4) is 0 Å². The average Bonchev–Trinajstić information content (AvgIpc) is 2.69. The van der Waals surface area contributed by atoms with Crippen molar-refractivity contribution in [2.75, 3.05) is 6.61 Å². The highest BCUT2D eigenvalue weighted by molar-refractivity contribution is 7.86. The van der Waals surface area contributed by atoms with Crippen molar-refractivity contribution in [1.82, 2.24) is 0 Å². The SMILES string of the molecule is CCOC(=O)C(C)(CCCCCc1ccc(Cl)cc1)OS(=O)(=O)c1ccc(C)cc1. The fraction of sp³-hybridized carbons (Fsp3) is 0.435. The Bertz CT molecular complexity index is 923. The first-order valence-corrected chi connectivity index (χ1v) is 11.9. The molecule has 7 heteroatoms. The first kappa shape index (κ1) is 24.4. The van der Waals surface area contributed by atoms with E-state index in [4.69, 9.17) is 20.5 Å². The van der Waals surface area contributed by atoms with E-state index in [9.17, 15) is 13.2 Å². The van der Waals surface area contributed by atoms with E-state index < -0.39 is 21.7 Å². The Balaban J connectivity index is 2.00. The van der Waals surface area contributed by atoms with Gasteiger partial charge >= 0.3 is 5.97 Å². The minimum Gasteiger partial charge on any atom is -0.464 e. The van der Waals surface area contributed by atoms with Crippen molar-refractivity contribution < 1.29 is 22.1 Å². The molecule has 5 nitrogen and oxygen atoms in total. The molecule has 0 saturated heterocycles. The lowest BCUT2D eigenvalue weighted by Crippen LogP contribution is -2.42. The second-order valence-electron chi connectivity index (χ2n) is 7.49. The van der Waals surface area contributed by atoms with Crippen LogP contribution in [-0.4, -0.2) is 26.6 Å². The van der Waals surface area contributed by atoms with Gasteiger partial charge in [0.25, 0.3) is 10.1 Å². The summed E-state index contributed by atoms with van der Waals surface area (Å²) in [6.45, 7) is 5.18. The van der Waals surface area contributed by atoms with Gasteiger partial charge in [0, 0.05) is 5.02 Å². The van der Waals surface area contributed by atoms with E-state index in [-0.39, 0.29) is 17.9 Å². The van der Waals surface area contributed by atoms with E-state index >= 15 is 0 Å². The zero-order valence-electron chi connectivity index (χ0n) is 17.7. The van der Waals surface area contributed by atoms with Gasteiger partial charge in [0.05, 0.1) is 11.5 Å². The van der Waals surface area contributed by atoms with E-state index in [0.717, 1.165) is 24.8 Å². The molecule has 0 aliphatic heterocycles. The van der Waals surface area contributed by atoms with Gasteiger partial charge in [-0.25, -0.2) is 8.98 Å². The van der Waals surface area contributed by atoms with E-state index in [2.05, 4.69) is 0 Å². The summed E-state index contributed by atoms with van der Waals surface area (Å²) in [5, 5.41) is 0.705. The van der Waals surface area contributed by atoms with E-state index in [1.165, 1.54) is 24.6 Å². The number of unbranched alkanes of at least 4 members (excludes halogenated alkanes) is 2. The number of aryl methyl sites for hydroxylation is 2. The Hall–Kier alpha value is -1.89. The van der Waals surface area contributed by atoms with Crippen LogP contribution in [0.15, 0.2) is 53.4 Å². The molecule has 0 amide bonds. The smallest absolute Gasteiger partial charge is 0.339 e. The Kier molecular flexibility index (Phi) is 8.89. The summed E-state index contributed by atoms with van der Waals surface area (Å²) in [5.41, 5.74) is 0.550. The van der Waals surface area contributed by atoms with Gasteiger partial charge in [0.15, 0.2) is 5.60 Å². The third kappa shape index (κ3) is 7.11. The van der Waals surface area contributed by atoms with Gasteiger partial charge in [-0.3, -0.25) is 0 Å². The topological polar surface area (TPSA) is 69.7 Å². The highest BCUT2D eigenvalue weighted by Crippen LogP contribution is 2.27. The molecule has 0 aliphatic carbocycles. The molecule has 0 bridgehead atoms. The Morgan fingerprint density at radius 3 is 2.23 bits per heavy atom. The Labute approximate surface area is 184 Å².